The number of likely N-dealkylation sites (tertiary alicyclic amines) is 1. The zero-order valence-corrected chi connectivity index (χ0v) is 9.60. The molecule has 2 unspecified atom stereocenters. The molecule has 2 bridgehead atoms. The lowest BCUT2D eigenvalue weighted by atomic mass is 10.1. The summed E-state index contributed by atoms with van der Waals surface area (Å²) in [5.74, 6) is 0.541. The number of fused-ring (bicyclic) bond motifs is 2. The number of nitrogens with zero attached hydrogens (tertiary/aromatic N) is 1. The van der Waals surface area contributed by atoms with Crippen LogP contribution in [-0.4, -0.2) is 41.1 Å². The lowest BCUT2D eigenvalue weighted by Gasteiger charge is -2.27. The third-order valence-corrected chi connectivity index (χ3v) is 3.74. The molecule has 3 rings (SSSR count). The summed E-state index contributed by atoms with van der Waals surface area (Å²) in [5.41, 5.74) is 0.913. The first-order chi connectivity index (χ1) is 8.25. The van der Waals surface area contributed by atoms with Crippen molar-refractivity contribution in [1.29, 1.82) is 0 Å². The van der Waals surface area contributed by atoms with Gasteiger partial charge in [0.25, 0.3) is 0 Å². The summed E-state index contributed by atoms with van der Waals surface area (Å²) in [7, 11) is 0. The number of carbonyl (C=O) groups excluding carboxylic acids is 1. The number of phenolic OH excluding ortho intramolecular Hbond substituents is 1. The van der Waals surface area contributed by atoms with Crippen molar-refractivity contribution < 1.29 is 9.90 Å². The molecule has 4 nitrogen and oxygen atoms in total. The monoisotopic (exact) mass is 232 g/mol. The highest BCUT2D eigenvalue weighted by Gasteiger charge is 2.43. The van der Waals surface area contributed by atoms with Gasteiger partial charge in [-0.05, 0) is 24.5 Å². The number of rotatable bonds is 3. The van der Waals surface area contributed by atoms with Crippen LogP contribution in [0.5, 0.6) is 5.75 Å². The number of piperazine rings is 1. The smallest absolute Gasteiger partial charge is 0.240 e. The Morgan fingerprint density at radius 3 is 2.94 bits per heavy atom. The molecule has 4 heteroatoms. The summed E-state index contributed by atoms with van der Waals surface area (Å²) in [6.45, 7) is 1.62. The molecule has 1 amide bonds. The summed E-state index contributed by atoms with van der Waals surface area (Å²) in [6, 6.07) is 7.73. The van der Waals surface area contributed by atoms with Gasteiger partial charge in [0, 0.05) is 19.1 Å². The van der Waals surface area contributed by atoms with Crippen LogP contribution in [0, 0.1) is 0 Å². The molecule has 2 aliphatic rings. The molecule has 2 aliphatic heterocycles. The van der Waals surface area contributed by atoms with Crippen molar-refractivity contribution in [2.45, 2.75) is 24.9 Å². The minimum atomic E-state index is 0.0457. The molecule has 0 radical (unpaired) electrons. The quantitative estimate of drug-likeness (QED) is 0.798. The van der Waals surface area contributed by atoms with Crippen molar-refractivity contribution in [2.24, 2.45) is 0 Å². The van der Waals surface area contributed by atoms with Crippen LogP contribution in [0.15, 0.2) is 24.3 Å². The van der Waals surface area contributed by atoms with E-state index < -0.39 is 0 Å². The van der Waals surface area contributed by atoms with Crippen LogP contribution in [0.3, 0.4) is 0 Å². The topological polar surface area (TPSA) is 52.6 Å². The molecule has 2 atom stereocenters. The predicted molar refractivity (Wildman–Crippen MR) is 63.7 cm³/mol. The number of aromatic hydroxyl groups is 1. The number of para-hydroxylation sites is 1. The van der Waals surface area contributed by atoms with Crippen molar-refractivity contribution in [3.8, 4) is 5.75 Å². The zero-order valence-electron chi connectivity index (χ0n) is 9.60. The van der Waals surface area contributed by atoms with Gasteiger partial charge in [-0.1, -0.05) is 18.2 Å². The highest BCUT2D eigenvalue weighted by Crippen LogP contribution is 2.25. The minimum Gasteiger partial charge on any atom is -0.508 e. The minimum absolute atomic E-state index is 0.0457. The van der Waals surface area contributed by atoms with Crippen LogP contribution in [0.4, 0.5) is 0 Å². The Kier molecular flexibility index (Phi) is 2.52. The van der Waals surface area contributed by atoms with E-state index in [1.165, 1.54) is 0 Å². The second-order valence-corrected chi connectivity index (χ2v) is 4.76. The zero-order chi connectivity index (χ0) is 11.8. The summed E-state index contributed by atoms with van der Waals surface area (Å²) in [6.07, 6.45) is 1.67. The standard InChI is InChI=1S/C13H16N2O2/c16-12-4-2-1-3-9(12)5-6-15-10-7-11(13(15)17)14-8-10/h1-4,10-11,14,16H,5-8H2. The third-order valence-electron chi connectivity index (χ3n) is 3.74. The molecule has 0 aromatic heterocycles. The second-order valence-electron chi connectivity index (χ2n) is 4.76. The molecule has 0 spiro atoms. The van der Waals surface area contributed by atoms with Gasteiger partial charge < -0.3 is 15.3 Å². The number of benzene rings is 1. The molecule has 1 aromatic carbocycles. The first-order valence-corrected chi connectivity index (χ1v) is 6.06. The van der Waals surface area contributed by atoms with Gasteiger partial charge in [-0.25, -0.2) is 0 Å². The molecular weight excluding hydrogens is 216 g/mol. The molecule has 0 aliphatic carbocycles. The van der Waals surface area contributed by atoms with Crippen LogP contribution in [0.2, 0.25) is 0 Å². The van der Waals surface area contributed by atoms with Crippen molar-refractivity contribution >= 4 is 5.91 Å². The molecule has 17 heavy (non-hydrogen) atoms. The van der Waals surface area contributed by atoms with E-state index in [4.69, 9.17) is 0 Å². The lowest BCUT2D eigenvalue weighted by molar-refractivity contribution is -0.132. The second kappa shape index (κ2) is 4.04. The Morgan fingerprint density at radius 1 is 1.41 bits per heavy atom. The van der Waals surface area contributed by atoms with Crippen LogP contribution in [0.1, 0.15) is 12.0 Å². The number of nitrogens with one attached hydrogen (secondary N) is 1. The van der Waals surface area contributed by atoms with Crippen molar-refractivity contribution in [1.82, 2.24) is 10.2 Å². The number of phenols is 1. The van der Waals surface area contributed by atoms with Gasteiger partial charge in [0.15, 0.2) is 0 Å². The fourth-order valence-electron chi connectivity index (χ4n) is 2.78. The summed E-state index contributed by atoms with van der Waals surface area (Å²) in [5, 5.41) is 12.9. The van der Waals surface area contributed by atoms with E-state index in [2.05, 4.69) is 5.32 Å². The SMILES string of the molecule is O=C1C2CC(CN2)N1CCc1ccccc1O. The lowest BCUT2D eigenvalue weighted by Crippen LogP contribution is -2.48. The third kappa shape index (κ3) is 1.78. The van der Waals surface area contributed by atoms with E-state index in [-0.39, 0.29) is 11.9 Å². The average Bonchev–Trinajstić information content (AvgIpc) is 2.90. The Morgan fingerprint density at radius 2 is 2.24 bits per heavy atom. The molecule has 0 saturated carbocycles. The van der Waals surface area contributed by atoms with E-state index in [0.29, 0.717) is 18.3 Å². The van der Waals surface area contributed by atoms with E-state index in [1.807, 2.05) is 23.1 Å². The first kappa shape index (κ1) is 10.6. The number of hydrogen-bond donors (Lipinski definition) is 2. The van der Waals surface area contributed by atoms with Gasteiger partial charge in [0.1, 0.15) is 5.75 Å². The number of amides is 1. The number of hydrogen-bond acceptors (Lipinski definition) is 3. The molecular formula is C13H16N2O2. The first-order valence-electron chi connectivity index (χ1n) is 6.06. The van der Waals surface area contributed by atoms with Crippen LogP contribution < -0.4 is 5.32 Å². The maximum atomic E-state index is 11.9. The fourth-order valence-corrected chi connectivity index (χ4v) is 2.78. The van der Waals surface area contributed by atoms with E-state index in [9.17, 15) is 9.90 Å². The molecule has 2 N–H and O–H groups in total. The molecule has 1 aromatic rings. The maximum Gasteiger partial charge on any atom is 0.240 e. The van der Waals surface area contributed by atoms with Crippen molar-refractivity contribution in [2.75, 3.05) is 13.1 Å². The van der Waals surface area contributed by atoms with Crippen LogP contribution >= 0.6 is 0 Å². The van der Waals surface area contributed by atoms with Gasteiger partial charge in [-0.15, -0.1) is 0 Å². The highest BCUT2D eigenvalue weighted by atomic mass is 16.3. The van der Waals surface area contributed by atoms with Gasteiger partial charge >= 0.3 is 0 Å². The van der Waals surface area contributed by atoms with Crippen molar-refractivity contribution in [3.63, 3.8) is 0 Å². The van der Waals surface area contributed by atoms with E-state index >= 15 is 0 Å². The fraction of sp³-hybridized carbons (Fsp3) is 0.462. The van der Waals surface area contributed by atoms with Crippen LogP contribution in [0.25, 0.3) is 0 Å². The van der Waals surface area contributed by atoms with Gasteiger partial charge in [-0.2, -0.15) is 0 Å². The molecule has 2 fully saturated rings. The Hall–Kier alpha value is -1.55. The van der Waals surface area contributed by atoms with E-state index in [0.717, 1.165) is 24.9 Å². The van der Waals surface area contributed by atoms with Gasteiger partial charge in [0.05, 0.1) is 6.04 Å². The average molecular weight is 232 g/mol. The number of carbonyl (C=O) groups is 1. The largest absolute Gasteiger partial charge is 0.508 e. The molecule has 90 valence electrons. The summed E-state index contributed by atoms with van der Waals surface area (Å²) >= 11 is 0. The normalized spacial score (nSPS) is 26.8. The molecule has 2 saturated heterocycles. The Balaban J connectivity index is 1.66. The van der Waals surface area contributed by atoms with Gasteiger partial charge in [-0.3, -0.25) is 4.79 Å². The highest BCUT2D eigenvalue weighted by molar-refractivity contribution is 5.85. The Labute approximate surface area is 100 Å². The summed E-state index contributed by atoms with van der Waals surface area (Å²) in [4.78, 5) is 13.8. The summed E-state index contributed by atoms with van der Waals surface area (Å²) < 4.78 is 0. The Bertz CT molecular complexity index is 447. The maximum absolute atomic E-state index is 11.9. The van der Waals surface area contributed by atoms with E-state index in [1.54, 1.807) is 6.07 Å². The van der Waals surface area contributed by atoms with Crippen molar-refractivity contribution in [3.05, 3.63) is 29.8 Å². The predicted octanol–water partition coefficient (Wildman–Crippen LogP) is 0.507. The van der Waals surface area contributed by atoms with Crippen LogP contribution in [-0.2, 0) is 11.2 Å². The molecule has 2 heterocycles. The van der Waals surface area contributed by atoms with Gasteiger partial charge in [0.2, 0.25) is 5.91 Å².